The van der Waals surface area contributed by atoms with Gasteiger partial charge in [-0.25, -0.2) is 0 Å². The number of halogens is 2. The molecule has 2 nitrogen and oxygen atoms in total. The summed E-state index contributed by atoms with van der Waals surface area (Å²) in [4.78, 5) is 10.9. The summed E-state index contributed by atoms with van der Waals surface area (Å²) in [5, 5.41) is 10.3. The number of carbonyl (C=O) groups excluding carboxylic acids is 1. The third-order valence-corrected chi connectivity index (χ3v) is 4.48. The molecule has 0 aromatic rings. The van der Waals surface area contributed by atoms with Gasteiger partial charge in [-0.3, -0.25) is 0 Å². The van der Waals surface area contributed by atoms with Gasteiger partial charge in [-0.1, -0.05) is 31.9 Å². The number of carbonyl (C=O) groups is 1. The molecule has 1 aliphatic carbocycles. The monoisotopic (exact) mass is 269 g/mol. The Morgan fingerprint density at radius 3 is 1.90 bits per heavy atom. The highest BCUT2D eigenvalue weighted by molar-refractivity contribution is 9.12. The van der Waals surface area contributed by atoms with E-state index in [4.69, 9.17) is 0 Å². The third kappa shape index (κ3) is 1.72. The summed E-state index contributed by atoms with van der Waals surface area (Å²) >= 11 is 6.75. The molecular formula is C6H7Br2O2-. The SMILES string of the molecule is O=C([O-])C1C[C@@H](Br)[C@H](Br)C1. The number of rotatable bonds is 1. The second-order valence-electron chi connectivity index (χ2n) is 2.52. The van der Waals surface area contributed by atoms with Gasteiger partial charge in [0.1, 0.15) is 0 Å². The van der Waals surface area contributed by atoms with Crippen molar-refractivity contribution in [2.45, 2.75) is 22.5 Å². The number of hydrogen-bond acceptors (Lipinski definition) is 2. The Kier molecular flexibility index (Phi) is 2.74. The molecule has 0 N–H and O–H groups in total. The van der Waals surface area contributed by atoms with E-state index in [2.05, 4.69) is 31.9 Å². The predicted molar refractivity (Wildman–Crippen MR) is 43.2 cm³/mol. The van der Waals surface area contributed by atoms with Crippen LogP contribution in [0.25, 0.3) is 0 Å². The molecule has 0 saturated heterocycles. The molecule has 1 fully saturated rings. The second-order valence-corrected chi connectivity index (χ2v) is 4.87. The van der Waals surface area contributed by atoms with Crippen LogP contribution in [0.3, 0.4) is 0 Å². The first-order chi connectivity index (χ1) is 4.61. The van der Waals surface area contributed by atoms with E-state index in [1.165, 1.54) is 0 Å². The van der Waals surface area contributed by atoms with Crippen molar-refractivity contribution in [3.8, 4) is 0 Å². The normalized spacial score (nSPS) is 34.6. The highest BCUT2D eigenvalue weighted by Crippen LogP contribution is 2.35. The molecule has 1 rings (SSSR count). The van der Waals surface area contributed by atoms with Crippen molar-refractivity contribution in [2.75, 3.05) is 0 Å². The summed E-state index contributed by atoms with van der Waals surface area (Å²) < 4.78 is 0. The molecule has 0 radical (unpaired) electrons. The zero-order valence-electron chi connectivity index (χ0n) is 5.22. The fraction of sp³-hybridized carbons (Fsp3) is 0.833. The van der Waals surface area contributed by atoms with E-state index in [9.17, 15) is 9.90 Å². The average molecular weight is 271 g/mol. The van der Waals surface area contributed by atoms with Crippen LogP contribution in [0.1, 0.15) is 12.8 Å². The van der Waals surface area contributed by atoms with E-state index in [-0.39, 0.29) is 15.6 Å². The Hall–Kier alpha value is 0.430. The molecule has 4 heteroatoms. The van der Waals surface area contributed by atoms with Gasteiger partial charge in [-0.05, 0) is 12.8 Å². The quantitative estimate of drug-likeness (QED) is 0.658. The Bertz CT molecular complexity index is 139. The molecule has 0 bridgehead atoms. The fourth-order valence-corrected chi connectivity index (χ4v) is 2.46. The van der Waals surface area contributed by atoms with Crippen molar-refractivity contribution in [2.24, 2.45) is 5.92 Å². The molecule has 0 spiro atoms. The summed E-state index contributed by atoms with van der Waals surface area (Å²) in [6.45, 7) is 0. The molecular weight excluding hydrogens is 264 g/mol. The first-order valence-electron chi connectivity index (χ1n) is 3.10. The molecule has 0 heterocycles. The van der Waals surface area contributed by atoms with Crippen LogP contribution in [0.15, 0.2) is 0 Å². The molecule has 1 aliphatic rings. The van der Waals surface area contributed by atoms with E-state index in [1.807, 2.05) is 0 Å². The van der Waals surface area contributed by atoms with Crippen molar-refractivity contribution in [1.29, 1.82) is 0 Å². The lowest BCUT2D eigenvalue weighted by atomic mass is 10.1. The maximum Gasteiger partial charge on any atom is 0.0446 e. The zero-order valence-corrected chi connectivity index (χ0v) is 8.39. The molecule has 10 heavy (non-hydrogen) atoms. The summed E-state index contributed by atoms with van der Waals surface area (Å²) in [6, 6.07) is 0. The van der Waals surface area contributed by atoms with Crippen molar-refractivity contribution >= 4 is 37.8 Å². The van der Waals surface area contributed by atoms with Gasteiger partial charge in [0.25, 0.3) is 0 Å². The van der Waals surface area contributed by atoms with Crippen LogP contribution in [0.5, 0.6) is 0 Å². The van der Waals surface area contributed by atoms with E-state index < -0.39 is 5.97 Å². The highest BCUT2D eigenvalue weighted by Gasteiger charge is 2.31. The third-order valence-electron chi connectivity index (χ3n) is 1.75. The van der Waals surface area contributed by atoms with Gasteiger partial charge in [0.05, 0.1) is 0 Å². The minimum Gasteiger partial charge on any atom is -0.550 e. The molecule has 1 saturated carbocycles. The number of alkyl halides is 2. The summed E-state index contributed by atoms with van der Waals surface area (Å²) in [6.07, 6.45) is 1.36. The Labute approximate surface area is 76.2 Å². The first kappa shape index (κ1) is 8.53. The fourth-order valence-electron chi connectivity index (χ4n) is 1.13. The lowest BCUT2D eigenvalue weighted by Crippen LogP contribution is -2.29. The van der Waals surface area contributed by atoms with Crippen LogP contribution in [-0.4, -0.2) is 15.6 Å². The van der Waals surface area contributed by atoms with Crippen molar-refractivity contribution in [1.82, 2.24) is 0 Å². The summed E-state index contributed by atoms with van der Waals surface area (Å²) in [7, 11) is 0. The molecule has 0 aromatic heterocycles. The lowest BCUT2D eigenvalue weighted by Gasteiger charge is -2.08. The van der Waals surface area contributed by atoms with Crippen LogP contribution < -0.4 is 5.11 Å². The smallest absolute Gasteiger partial charge is 0.0446 e. The van der Waals surface area contributed by atoms with Gasteiger partial charge >= 0.3 is 0 Å². The standard InChI is InChI=1S/C6H8Br2O2/c7-4-1-3(6(9)10)2-5(4)8/h3-5H,1-2H2,(H,9,10)/p-1/t4-,5-/m1/s1. The van der Waals surface area contributed by atoms with Crippen molar-refractivity contribution in [3.63, 3.8) is 0 Å². The first-order valence-corrected chi connectivity index (χ1v) is 4.93. The molecule has 58 valence electrons. The molecule has 0 aliphatic heterocycles. The van der Waals surface area contributed by atoms with Gasteiger partial charge in [0.15, 0.2) is 0 Å². The minimum absolute atomic E-state index is 0.270. The van der Waals surface area contributed by atoms with Gasteiger partial charge in [-0.15, -0.1) is 0 Å². The Balaban J connectivity index is 2.49. The van der Waals surface area contributed by atoms with E-state index in [1.54, 1.807) is 0 Å². The van der Waals surface area contributed by atoms with Crippen LogP contribution in [0.4, 0.5) is 0 Å². The summed E-state index contributed by atoms with van der Waals surface area (Å²) in [5.41, 5.74) is 0. The van der Waals surface area contributed by atoms with Crippen LogP contribution in [0.2, 0.25) is 0 Å². The topological polar surface area (TPSA) is 40.1 Å². The average Bonchev–Trinajstić information content (AvgIpc) is 2.13. The molecule has 0 amide bonds. The minimum atomic E-state index is -0.925. The number of aliphatic carboxylic acids is 1. The van der Waals surface area contributed by atoms with Crippen LogP contribution >= 0.6 is 31.9 Å². The van der Waals surface area contributed by atoms with E-state index in [0.717, 1.165) is 0 Å². The number of hydrogen-bond donors (Lipinski definition) is 0. The Morgan fingerprint density at radius 2 is 1.70 bits per heavy atom. The maximum absolute atomic E-state index is 10.3. The van der Waals surface area contributed by atoms with Crippen molar-refractivity contribution in [3.05, 3.63) is 0 Å². The highest BCUT2D eigenvalue weighted by atomic mass is 79.9. The lowest BCUT2D eigenvalue weighted by molar-refractivity contribution is -0.311. The number of carboxylic acids is 1. The van der Waals surface area contributed by atoms with Gasteiger partial charge in [0.2, 0.25) is 0 Å². The van der Waals surface area contributed by atoms with Gasteiger partial charge in [0, 0.05) is 21.5 Å². The predicted octanol–water partition coefficient (Wildman–Crippen LogP) is 0.673. The molecule has 0 aromatic carbocycles. The largest absolute Gasteiger partial charge is 0.550 e. The van der Waals surface area contributed by atoms with Gasteiger partial charge in [-0.2, -0.15) is 0 Å². The zero-order chi connectivity index (χ0) is 7.72. The summed E-state index contributed by atoms with van der Waals surface area (Å²) in [5.74, 6) is -1.19. The van der Waals surface area contributed by atoms with E-state index >= 15 is 0 Å². The molecule has 0 unspecified atom stereocenters. The van der Waals surface area contributed by atoms with Crippen LogP contribution in [0, 0.1) is 5.92 Å². The van der Waals surface area contributed by atoms with Crippen molar-refractivity contribution < 1.29 is 9.90 Å². The maximum atomic E-state index is 10.3. The Morgan fingerprint density at radius 1 is 1.30 bits per heavy atom. The number of carboxylic acid groups (broad SMARTS) is 1. The molecule has 2 atom stereocenters. The van der Waals surface area contributed by atoms with E-state index in [0.29, 0.717) is 12.8 Å². The van der Waals surface area contributed by atoms with Gasteiger partial charge < -0.3 is 9.90 Å². The second kappa shape index (κ2) is 3.22. The van der Waals surface area contributed by atoms with Crippen LogP contribution in [-0.2, 0) is 4.79 Å².